The number of hydrogen-bond donors (Lipinski definition) is 1. The first kappa shape index (κ1) is 22.2. The van der Waals surface area contributed by atoms with E-state index in [0.717, 1.165) is 23.4 Å². The number of para-hydroxylation sites is 1. The van der Waals surface area contributed by atoms with Crippen LogP contribution in [-0.2, 0) is 4.79 Å². The molecule has 0 saturated carbocycles. The van der Waals surface area contributed by atoms with Crippen LogP contribution in [0.15, 0.2) is 59.1 Å². The number of carbonyl (C=O) groups excluding carboxylic acids is 1. The van der Waals surface area contributed by atoms with E-state index in [0.29, 0.717) is 46.9 Å². The second kappa shape index (κ2) is 9.27. The molecule has 1 N–H and O–H groups in total. The number of carbonyl (C=O) groups is 1. The summed E-state index contributed by atoms with van der Waals surface area (Å²) in [7, 11) is 3.13. The molecule has 8 heteroatoms. The molecular weight excluding hydrogens is 449 g/mol. The third-order valence-corrected chi connectivity index (χ3v) is 6.38. The zero-order valence-electron chi connectivity index (χ0n) is 17.9. The lowest BCUT2D eigenvalue weighted by atomic mass is 9.93. The maximum atomic E-state index is 11.9. The summed E-state index contributed by atoms with van der Waals surface area (Å²) in [6, 6.07) is 9.36. The van der Waals surface area contributed by atoms with E-state index < -0.39 is 0 Å². The Balaban J connectivity index is 1.66. The number of hydrogen-bond acceptors (Lipinski definition) is 5. The van der Waals surface area contributed by atoms with Gasteiger partial charge in [-0.1, -0.05) is 48.0 Å². The number of nitrogens with one attached hydrogen (secondary N) is 1. The van der Waals surface area contributed by atoms with E-state index in [1.165, 1.54) is 17.2 Å². The van der Waals surface area contributed by atoms with Gasteiger partial charge in [0.2, 0.25) is 5.91 Å². The Labute approximate surface area is 197 Å². The summed E-state index contributed by atoms with van der Waals surface area (Å²) < 4.78 is 10.8. The normalized spacial score (nSPS) is 15.2. The Bertz CT molecular complexity index is 1130. The van der Waals surface area contributed by atoms with Gasteiger partial charge in [0.15, 0.2) is 0 Å². The van der Waals surface area contributed by atoms with Gasteiger partial charge >= 0.3 is 0 Å². The van der Waals surface area contributed by atoms with Crippen molar-refractivity contribution in [3.05, 3.63) is 69.7 Å². The summed E-state index contributed by atoms with van der Waals surface area (Å²) in [6.45, 7) is 5.45. The van der Waals surface area contributed by atoms with Crippen molar-refractivity contribution in [2.45, 2.75) is 6.42 Å². The smallest absolute Gasteiger partial charge is 0.247 e. The predicted molar refractivity (Wildman–Crippen MR) is 130 cm³/mol. The fraction of sp³-hybridized carbons (Fsp3) is 0.250. The van der Waals surface area contributed by atoms with Crippen molar-refractivity contribution < 1.29 is 14.3 Å². The summed E-state index contributed by atoms with van der Waals surface area (Å²) in [5.74, 6) is 0.771. The molecule has 4 rings (SSSR count). The fourth-order valence-corrected chi connectivity index (χ4v) is 4.84. The zero-order valence-corrected chi connectivity index (χ0v) is 19.4. The molecule has 2 aliphatic rings. The summed E-state index contributed by atoms with van der Waals surface area (Å²) in [6.07, 6.45) is 2.02. The number of ether oxygens (including phenoxy) is 2. The van der Waals surface area contributed by atoms with Gasteiger partial charge in [0.25, 0.3) is 0 Å². The number of nitrogens with zero attached hydrogens (tertiary/aromatic N) is 2. The van der Waals surface area contributed by atoms with Crippen LogP contribution in [0.3, 0.4) is 0 Å². The maximum Gasteiger partial charge on any atom is 0.247 e. The van der Waals surface area contributed by atoms with Crippen LogP contribution in [0.1, 0.15) is 12.0 Å². The second-order valence-electron chi connectivity index (χ2n) is 7.42. The van der Waals surface area contributed by atoms with Crippen LogP contribution < -0.4 is 19.7 Å². The van der Waals surface area contributed by atoms with Gasteiger partial charge in [-0.2, -0.15) is 0 Å². The van der Waals surface area contributed by atoms with E-state index in [-0.39, 0.29) is 5.91 Å². The van der Waals surface area contributed by atoms with E-state index >= 15 is 0 Å². The highest BCUT2D eigenvalue weighted by Crippen LogP contribution is 2.47. The minimum Gasteiger partial charge on any atom is -0.495 e. The molecular formula is C24H23Cl2N3O3. The molecule has 2 aromatic rings. The van der Waals surface area contributed by atoms with Crippen LogP contribution in [0.2, 0.25) is 10.0 Å². The van der Waals surface area contributed by atoms with Gasteiger partial charge in [0.05, 0.1) is 37.9 Å². The lowest BCUT2D eigenvalue weighted by molar-refractivity contribution is -0.111. The van der Waals surface area contributed by atoms with Crippen molar-refractivity contribution in [1.82, 2.24) is 0 Å². The van der Waals surface area contributed by atoms with E-state index in [1.54, 1.807) is 20.3 Å². The summed E-state index contributed by atoms with van der Waals surface area (Å²) in [5.41, 5.74) is 5.63. The molecule has 0 bridgehead atoms. The Kier molecular flexibility index (Phi) is 6.44. The van der Waals surface area contributed by atoms with Crippen LogP contribution in [-0.4, -0.2) is 45.5 Å². The van der Waals surface area contributed by atoms with E-state index in [9.17, 15) is 4.79 Å². The number of methoxy groups -OCH3 is 2. The number of benzene rings is 2. The minimum atomic E-state index is -0.253. The summed E-state index contributed by atoms with van der Waals surface area (Å²) >= 11 is 13.3. The first-order valence-electron chi connectivity index (χ1n) is 10.1. The number of rotatable bonds is 6. The highest BCUT2D eigenvalue weighted by Gasteiger charge is 2.31. The van der Waals surface area contributed by atoms with Crippen LogP contribution in [0.4, 0.5) is 11.4 Å². The summed E-state index contributed by atoms with van der Waals surface area (Å²) in [5, 5.41) is 3.79. The lowest BCUT2D eigenvalue weighted by Crippen LogP contribution is -2.33. The third kappa shape index (κ3) is 3.96. The Morgan fingerprint density at radius 2 is 1.88 bits per heavy atom. The molecule has 0 aromatic heterocycles. The van der Waals surface area contributed by atoms with Crippen molar-refractivity contribution in [3.63, 3.8) is 0 Å². The largest absolute Gasteiger partial charge is 0.495 e. The number of aliphatic imine (C=N–C) groups is 1. The Morgan fingerprint density at radius 1 is 1.19 bits per heavy atom. The van der Waals surface area contributed by atoms with Crippen molar-refractivity contribution in [2.75, 3.05) is 44.1 Å². The van der Waals surface area contributed by atoms with Crippen LogP contribution in [0.25, 0.3) is 0 Å². The average molecular weight is 472 g/mol. The molecule has 0 aliphatic carbocycles. The van der Waals surface area contributed by atoms with E-state index in [4.69, 9.17) is 37.7 Å². The summed E-state index contributed by atoms with van der Waals surface area (Å²) in [4.78, 5) is 18.8. The monoisotopic (exact) mass is 471 g/mol. The van der Waals surface area contributed by atoms with Crippen molar-refractivity contribution in [2.24, 2.45) is 4.99 Å². The maximum absolute atomic E-state index is 11.9. The Hall–Kier alpha value is -2.96. The van der Waals surface area contributed by atoms with Crippen molar-refractivity contribution >= 4 is 46.2 Å². The van der Waals surface area contributed by atoms with Crippen molar-refractivity contribution in [1.29, 1.82) is 0 Å². The average Bonchev–Trinajstić information content (AvgIpc) is 3.23. The van der Waals surface area contributed by atoms with E-state index in [2.05, 4.69) is 16.8 Å². The molecule has 32 heavy (non-hydrogen) atoms. The molecule has 166 valence electrons. The highest BCUT2D eigenvalue weighted by atomic mass is 35.5. The molecule has 2 heterocycles. The van der Waals surface area contributed by atoms with Gasteiger partial charge in [0, 0.05) is 24.7 Å². The third-order valence-electron chi connectivity index (χ3n) is 5.65. The van der Waals surface area contributed by atoms with Gasteiger partial charge in [-0.05, 0) is 29.7 Å². The van der Waals surface area contributed by atoms with Crippen LogP contribution in [0.5, 0.6) is 11.5 Å². The van der Waals surface area contributed by atoms with Gasteiger partial charge in [-0.3, -0.25) is 9.79 Å². The fourth-order valence-electron chi connectivity index (χ4n) is 4.10. The van der Waals surface area contributed by atoms with Crippen LogP contribution in [0, 0.1) is 0 Å². The molecule has 1 amide bonds. The van der Waals surface area contributed by atoms with Gasteiger partial charge < -0.3 is 19.7 Å². The lowest BCUT2D eigenvalue weighted by Gasteiger charge is -2.32. The van der Waals surface area contributed by atoms with Crippen molar-refractivity contribution in [3.8, 4) is 11.5 Å². The van der Waals surface area contributed by atoms with Gasteiger partial charge in [0.1, 0.15) is 21.5 Å². The molecule has 2 aliphatic heterocycles. The molecule has 6 nitrogen and oxygen atoms in total. The van der Waals surface area contributed by atoms with E-state index in [1.807, 2.05) is 24.3 Å². The molecule has 0 unspecified atom stereocenters. The zero-order chi connectivity index (χ0) is 22.8. The molecule has 0 spiro atoms. The number of halogens is 2. The quantitative estimate of drug-likeness (QED) is 0.592. The molecule has 0 saturated heterocycles. The van der Waals surface area contributed by atoms with Crippen LogP contribution >= 0.6 is 23.2 Å². The topological polar surface area (TPSA) is 63.2 Å². The molecule has 0 fully saturated rings. The molecule has 2 aromatic carbocycles. The predicted octanol–water partition coefficient (Wildman–Crippen LogP) is 5.14. The van der Waals surface area contributed by atoms with Gasteiger partial charge in [-0.25, -0.2) is 0 Å². The molecule has 0 atom stereocenters. The number of amides is 1. The first-order chi connectivity index (χ1) is 15.5. The molecule has 0 radical (unpaired) electrons. The highest BCUT2D eigenvalue weighted by molar-refractivity contribution is 6.41. The SMILES string of the molecule is C=CC(=O)Nc1ccccc1C1=NCC2=C1CCN(c1c(Cl)c(OC)cc(OC)c1Cl)C2. The standard InChI is InChI=1S/C24H23Cl2N3O3/c1-4-20(30)28-17-8-6-5-7-16(17)23-15-9-10-29(13-14(15)12-27-23)24-21(25)18(31-2)11-19(32-3)22(24)26/h4-8,11H,1,9-10,12-13H2,2-3H3,(H,28,30). The first-order valence-corrected chi connectivity index (χ1v) is 10.9. The minimum absolute atomic E-state index is 0.253. The Morgan fingerprint density at radius 3 is 2.53 bits per heavy atom. The van der Waals surface area contributed by atoms with Gasteiger partial charge in [-0.15, -0.1) is 0 Å². The second-order valence-corrected chi connectivity index (χ2v) is 8.17. The number of anilines is 2.